The predicted octanol–water partition coefficient (Wildman–Crippen LogP) is 4.33. The zero-order valence-electron chi connectivity index (χ0n) is 17.0. The minimum Gasteiger partial charge on any atom is -0.497 e. The number of para-hydroxylation sites is 1. The number of methoxy groups -OCH3 is 2. The third-order valence-electron chi connectivity index (χ3n) is 4.34. The lowest BCUT2D eigenvalue weighted by Crippen LogP contribution is -2.33. The van der Waals surface area contributed by atoms with Crippen molar-refractivity contribution in [2.75, 3.05) is 46.3 Å². The molecule has 0 spiro atoms. The highest BCUT2D eigenvalue weighted by Crippen LogP contribution is 2.31. The Labute approximate surface area is 181 Å². The van der Waals surface area contributed by atoms with E-state index in [2.05, 4.69) is 4.90 Å². The molecule has 0 saturated heterocycles. The first kappa shape index (κ1) is 22.9. The van der Waals surface area contributed by atoms with Crippen LogP contribution in [0.3, 0.4) is 0 Å². The molecule has 0 unspecified atom stereocenters. The third-order valence-corrected chi connectivity index (χ3v) is 5.40. The fourth-order valence-corrected chi connectivity index (χ4v) is 3.88. The van der Waals surface area contributed by atoms with Crippen LogP contribution in [-0.4, -0.2) is 57.2 Å². The number of hydrogen-bond acceptors (Lipinski definition) is 6. The molecule has 8 heteroatoms. The van der Waals surface area contributed by atoms with Gasteiger partial charge in [-0.25, -0.2) is 4.98 Å². The van der Waals surface area contributed by atoms with Crippen LogP contribution in [0.4, 0.5) is 5.13 Å². The van der Waals surface area contributed by atoms with Crippen LogP contribution in [0.2, 0.25) is 0 Å². The summed E-state index contributed by atoms with van der Waals surface area (Å²) in [4.78, 5) is 22.0. The lowest BCUT2D eigenvalue weighted by Gasteiger charge is -2.21. The standard InChI is InChI=1S/C21H25N3O3S.ClH/c1-23(2)10-7-11-24(21-22-18-8-5-6-9-19(18)28-21)20(25)15-12-16(26-3)14-17(13-15)27-4;/h5-6,8-9,12-14H,7,10-11H2,1-4H3;1H. The number of thiazole rings is 1. The van der Waals surface area contributed by atoms with Crippen molar-refractivity contribution in [3.63, 3.8) is 0 Å². The highest BCUT2D eigenvalue weighted by Gasteiger charge is 2.22. The number of halogens is 1. The second kappa shape index (κ2) is 10.4. The number of carbonyl (C=O) groups excluding carboxylic acids is 1. The zero-order chi connectivity index (χ0) is 20.1. The first-order valence-electron chi connectivity index (χ1n) is 9.07. The monoisotopic (exact) mass is 435 g/mol. The van der Waals surface area contributed by atoms with Crippen molar-refractivity contribution in [2.45, 2.75) is 6.42 Å². The van der Waals surface area contributed by atoms with Crippen LogP contribution in [0.15, 0.2) is 42.5 Å². The Balaban J connectivity index is 0.00000300. The summed E-state index contributed by atoms with van der Waals surface area (Å²) in [5.41, 5.74) is 1.41. The van der Waals surface area contributed by atoms with Gasteiger partial charge in [0.05, 0.1) is 24.4 Å². The number of rotatable bonds is 8. The van der Waals surface area contributed by atoms with E-state index in [9.17, 15) is 4.79 Å². The number of aromatic nitrogens is 1. The smallest absolute Gasteiger partial charge is 0.260 e. The number of carbonyl (C=O) groups is 1. The van der Waals surface area contributed by atoms with E-state index in [1.54, 1.807) is 37.3 Å². The molecule has 2 aromatic carbocycles. The minimum absolute atomic E-state index is 0. The summed E-state index contributed by atoms with van der Waals surface area (Å²) in [6.45, 7) is 1.46. The Bertz CT molecular complexity index is 906. The molecule has 3 aromatic rings. The first-order valence-corrected chi connectivity index (χ1v) is 9.88. The van der Waals surface area contributed by atoms with Crippen LogP contribution < -0.4 is 14.4 Å². The molecule has 3 rings (SSSR count). The van der Waals surface area contributed by atoms with Crippen molar-refractivity contribution in [1.82, 2.24) is 9.88 Å². The highest BCUT2D eigenvalue weighted by atomic mass is 35.5. The molecule has 0 aliphatic rings. The van der Waals surface area contributed by atoms with Gasteiger partial charge >= 0.3 is 0 Å². The van der Waals surface area contributed by atoms with Crippen molar-refractivity contribution < 1.29 is 14.3 Å². The predicted molar refractivity (Wildman–Crippen MR) is 121 cm³/mol. The van der Waals surface area contributed by atoms with Gasteiger partial charge in [-0.2, -0.15) is 0 Å². The van der Waals surface area contributed by atoms with Gasteiger partial charge in [0.2, 0.25) is 0 Å². The molecule has 0 aliphatic heterocycles. The van der Waals surface area contributed by atoms with E-state index in [1.165, 1.54) is 11.3 Å². The first-order chi connectivity index (χ1) is 13.5. The van der Waals surface area contributed by atoms with Crippen molar-refractivity contribution in [1.29, 1.82) is 0 Å². The van der Waals surface area contributed by atoms with Crippen molar-refractivity contribution in [3.8, 4) is 11.5 Å². The quantitative estimate of drug-likeness (QED) is 0.527. The Morgan fingerprint density at radius 3 is 2.28 bits per heavy atom. The Kier molecular flexibility index (Phi) is 8.25. The van der Waals surface area contributed by atoms with Crippen molar-refractivity contribution >= 4 is 45.0 Å². The lowest BCUT2D eigenvalue weighted by atomic mass is 10.1. The largest absolute Gasteiger partial charge is 0.497 e. The van der Waals surface area contributed by atoms with Crippen LogP contribution in [0.25, 0.3) is 10.2 Å². The number of benzene rings is 2. The summed E-state index contributed by atoms with van der Waals surface area (Å²) in [6.07, 6.45) is 0.843. The van der Waals surface area contributed by atoms with Crippen LogP contribution in [0.1, 0.15) is 16.8 Å². The molecular formula is C21H26ClN3O3S. The van der Waals surface area contributed by atoms with Crippen molar-refractivity contribution in [3.05, 3.63) is 48.0 Å². The van der Waals surface area contributed by atoms with Gasteiger partial charge in [0.25, 0.3) is 5.91 Å². The fourth-order valence-electron chi connectivity index (χ4n) is 2.89. The molecule has 0 radical (unpaired) electrons. The summed E-state index contributed by atoms with van der Waals surface area (Å²) >= 11 is 1.52. The molecule has 0 N–H and O–H groups in total. The van der Waals surface area contributed by atoms with Crippen LogP contribution in [0.5, 0.6) is 11.5 Å². The average Bonchev–Trinajstić information content (AvgIpc) is 3.13. The lowest BCUT2D eigenvalue weighted by molar-refractivity contribution is 0.0985. The van der Waals surface area contributed by atoms with E-state index >= 15 is 0 Å². The Morgan fingerprint density at radius 1 is 1.03 bits per heavy atom. The molecule has 29 heavy (non-hydrogen) atoms. The number of fused-ring (bicyclic) bond motifs is 1. The normalized spacial score (nSPS) is 10.7. The molecule has 0 aliphatic carbocycles. The van der Waals surface area contributed by atoms with E-state index < -0.39 is 0 Å². The van der Waals surface area contributed by atoms with Crippen LogP contribution in [-0.2, 0) is 0 Å². The van der Waals surface area contributed by atoms with Gasteiger partial charge in [0, 0.05) is 18.2 Å². The molecular weight excluding hydrogens is 410 g/mol. The van der Waals surface area contributed by atoms with E-state index in [0.29, 0.717) is 28.7 Å². The van der Waals surface area contributed by atoms with E-state index in [1.807, 2.05) is 38.4 Å². The maximum absolute atomic E-state index is 13.4. The van der Waals surface area contributed by atoms with E-state index in [4.69, 9.17) is 14.5 Å². The maximum atomic E-state index is 13.4. The molecule has 1 heterocycles. The van der Waals surface area contributed by atoms with Crippen LogP contribution in [0, 0.1) is 0 Å². The number of hydrogen-bond donors (Lipinski definition) is 0. The molecule has 1 aromatic heterocycles. The molecule has 0 saturated carbocycles. The number of ether oxygens (including phenoxy) is 2. The van der Waals surface area contributed by atoms with Gasteiger partial charge in [-0.3, -0.25) is 9.69 Å². The molecule has 156 valence electrons. The van der Waals surface area contributed by atoms with Gasteiger partial charge in [-0.05, 0) is 51.3 Å². The highest BCUT2D eigenvalue weighted by molar-refractivity contribution is 7.22. The average molecular weight is 436 g/mol. The van der Waals surface area contributed by atoms with Gasteiger partial charge in [0.15, 0.2) is 5.13 Å². The van der Waals surface area contributed by atoms with Crippen LogP contribution >= 0.6 is 23.7 Å². The fraction of sp³-hybridized carbons (Fsp3) is 0.333. The molecule has 0 bridgehead atoms. The second-order valence-electron chi connectivity index (χ2n) is 6.68. The van der Waals surface area contributed by atoms with Gasteiger partial charge < -0.3 is 14.4 Å². The van der Waals surface area contributed by atoms with Crippen molar-refractivity contribution in [2.24, 2.45) is 0 Å². The third kappa shape index (κ3) is 5.59. The number of amides is 1. The summed E-state index contributed by atoms with van der Waals surface area (Å²) in [7, 11) is 7.20. The number of anilines is 1. The molecule has 0 fully saturated rings. The summed E-state index contributed by atoms with van der Waals surface area (Å²) in [5, 5.41) is 0.701. The minimum atomic E-state index is -0.116. The Hall–Kier alpha value is -2.35. The maximum Gasteiger partial charge on any atom is 0.260 e. The topological polar surface area (TPSA) is 54.9 Å². The van der Waals surface area contributed by atoms with Gasteiger partial charge in [0.1, 0.15) is 11.5 Å². The summed E-state index contributed by atoms with van der Waals surface area (Å²) < 4.78 is 11.7. The zero-order valence-corrected chi connectivity index (χ0v) is 18.7. The second-order valence-corrected chi connectivity index (χ2v) is 7.69. The Morgan fingerprint density at radius 2 is 1.69 bits per heavy atom. The molecule has 1 amide bonds. The molecule has 6 nitrogen and oxygen atoms in total. The van der Waals surface area contributed by atoms with Gasteiger partial charge in [-0.15, -0.1) is 12.4 Å². The summed E-state index contributed by atoms with van der Waals surface area (Å²) in [5.74, 6) is 1.05. The van der Waals surface area contributed by atoms with E-state index in [-0.39, 0.29) is 18.3 Å². The van der Waals surface area contributed by atoms with E-state index in [0.717, 1.165) is 23.2 Å². The van der Waals surface area contributed by atoms with Gasteiger partial charge in [-0.1, -0.05) is 23.5 Å². The molecule has 0 atom stereocenters. The SMILES string of the molecule is COc1cc(OC)cc(C(=O)N(CCCN(C)C)c2nc3ccccc3s2)c1.Cl. The number of nitrogens with zero attached hydrogens (tertiary/aromatic N) is 3. The summed E-state index contributed by atoms with van der Waals surface area (Å²) in [6, 6.07) is 13.1.